The molecule has 0 unspecified atom stereocenters. The summed E-state index contributed by atoms with van der Waals surface area (Å²) in [7, 11) is 0. The number of nitrogens with one attached hydrogen (secondary N) is 1. The second-order valence-electron chi connectivity index (χ2n) is 5.07. The number of carbonyl (C=O) groups excluding carboxylic acids is 1. The molecule has 3 N–H and O–H groups in total. The van der Waals surface area contributed by atoms with Gasteiger partial charge in [-0.25, -0.2) is 0 Å². The molecule has 0 fully saturated rings. The molecule has 0 saturated carbocycles. The van der Waals surface area contributed by atoms with E-state index in [4.69, 9.17) is 0 Å². The highest BCUT2D eigenvalue weighted by Gasteiger charge is 2.16. The van der Waals surface area contributed by atoms with Gasteiger partial charge in [-0.1, -0.05) is 12.1 Å². The van der Waals surface area contributed by atoms with Gasteiger partial charge in [0, 0.05) is 4.88 Å². The molecule has 2 rings (SSSR count). The van der Waals surface area contributed by atoms with Crippen LogP contribution >= 0.6 is 11.3 Å². The Morgan fingerprint density at radius 3 is 2.48 bits per heavy atom. The van der Waals surface area contributed by atoms with E-state index in [1.54, 1.807) is 24.3 Å². The predicted molar refractivity (Wildman–Crippen MR) is 83.9 cm³/mol. The number of aliphatic hydroxyl groups excluding tert-OH is 1. The fraction of sp³-hybridized carbons (Fsp3) is 0.312. The number of benzene rings is 1. The van der Waals surface area contributed by atoms with E-state index < -0.39 is 0 Å². The molecule has 1 atom stereocenters. The number of carbonyl (C=O) groups is 1. The minimum atomic E-state index is -0.343. The number of phenols is 1. The highest BCUT2D eigenvalue weighted by molar-refractivity contribution is 7.14. The van der Waals surface area contributed by atoms with Gasteiger partial charge in [-0.05, 0) is 49.6 Å². The lowest BCUT2D eigenvalue weighted by Gasteiger charge is -2.16. The molecule has 0 spiro atoms. The number of aromatic hydroxyl groups is 1. The van der Waals surface area contributed by atoms with Crippen LogP contribution in [0.3, 0.4) is 0 Å². The second kappa shape index (κ2) is 6.74. The van der Waals surface area contributed by atoms with Gasteiger partial charge in [0.1, 0.15) is 5.75 Å². The first kappa shape index (κ1) is 15.5. The van der Waals surface area contributed by atoms with Crippen LogP contribution in [0, 0.1) is 13.8 Å². The first-order valence-electron chi connectivity index (χ1n) is 6.76. The zero-order valence-corrected chi connectivity index (χ0v) is 12.9. The molecule has 0 bridgehead atoms. The SMILES string of the molecule is Cc1cc(C(=O)N[C@H](CO)Cc2ccc(O)cc2)sc1C. The summed E-state index contributed by atoms with van der Waals surface area (Å²) in [6, 6.07) is 8.27. The normalized spacial score (nSPS) is 12.1. The van der Waals surface area contributed by atoms with Crippen LogP contribution in [0.4, 0.5) is 0 Å². The second-order valence-corrected chi connectivity index (χ2v) is 6.33. The Balaban J connectivity index is 2.01. The molecular weight excluding hydrogens is 286 g/mol. The third-order valence-electron chi connectivity index (χ3n) is 3.36. The Morgan fingerprint density at radius 1 is 1.29 bits per heavy atom. The van der Waals surface area contributed by atoms with Crippen molar-refractivity contribution in [2.75, 3.05) is 6.61 Å². The van der Waals surface area contributed by atoms with E-state index in [0.717, 1.165) is 16.0 Å². The van der Waals surface area contributed by atoms with Gasteiger partial charge in [0.2, 0.25) is 0 Å². The molecule has 0 aliphatic carbocycles. The van der Waals surface area contributed by atoms with Crippen molar-refractivity contribution in [1.29, 1.82) is 0 Å². The van der Waals surface area contributed by atoms with Gasteiger partial charge in [0.05, 0.1) is 17.5 Å². The maximum absolute atomic E-state index is 12.2. The van der Waals surface area contributed by atoms with E-state index in [1.807, 2.05) is 19.9 Å². The first-order chi connectivity index (χ1) is 9.99. The topological polar surface area (TPSA) is 69.6 Å². The van der Waals surface area contributed by atoms with Crippen LogP contribution in [0.15, 0.2) is 30.3 Å². The molecule has 0 aliphatic rings. The van der Waals surface area contributed by atoms with Gasteiger partial charge < -0.3 is 15.5 Å². The number of thiophene rings is 1. The van der Waals surface area contributed by atoms with Crippen molar-refractivity contribution in [3.05, 3.63) is 51.2 Å². The first-order valence-corrected chi connectivity index (χ1v) is 7.58. The van der Waals surface area contributed by atoms with Crippen molar-refractivity contribution in [3.8, 4) is 5.75 Å². The fourth-order valence-corrected chi connectivity index (χ4v) is 2.96. The third-order valence-corrected chi connectivity index (χ3v) is 4.52. The summed E-state index contributed by atoms with van der Waals surface area (Å²) in [5.41, 5.74) is 2.05. The number of aliphatic hydroxyl groups is 1. The molecular formula is C16H19NO3S. The van der Waals surface area contributed by atoms with Gasteiger partial charge in [0.25, 0.3) is 5.91 Å². The number of hydrogen-bond donors (Lipinski definition) is 3. The zero-order valence-electron chi connectivity index (χ0n) is 12.1. The van der Waals surface area contributed by atoms with Crippen LogP contribution in [-0.4, -0.2) is 28.8 Å². The summed E-state index contributed by atoms with van der Waals surface area (Å²) in [6.45, 7) is 3.83. The molecule has 112 valence electrons. The van der Waals surface area contributed by atoms with Gasteiger partial charge in [-0.2, -0.15) is 0 Å². The largest absolute Gasteiger partial charge is 0.508 e. The molecule has 0 radical (unpaired) electrons. The number of phenolic OH excluding ortho intramolecular Hbond substituents is 1. The number of hydrogen-bond acceptors (Lipinski definition) is 4. The summed E-state index contributed by atoms with van der Waals surface area (Å²) >= 11 is 1.46. The minimum absolute atomic E-state index is 0.129. The Hall–Kier alpha value is -1.85. The maximum Gasteiger partial charge on any atom is 0.261 e. The zero-order chi connectivity index (χ0) is 15.4. The Bertz CT molecular complexity index is 599. The summed E-state index contributed by atoms with van der Waals surface area (Å²) in [5, 5.41) is 21.5. The molecule has 1 aromatic carbocycles. The molecule has 21 heavy (non-hydrogen) atoms. The molecule has 4 nitrogen and oxygen atoms in total. The molecule has 1 heterocycles. The van der Waals surface area contributed by atoms with Gasteiger partial charge in [-0.3, -0.25) is 4.79 Å². The van der Waals surface area contributed by atoms with Crippen LogP contribution in [0.2, 0.25) is 0 Å². The summed E-state index contributed by atoms with van der Waals surface area (Å²) < 4.78 is 0. The van der Waals surface area contributed by atoms with Crippen LogP contribution < -0.4 is 5.32 Å². The molecule has 0 aliphatic heterocycles. The average Bonchev–Trinajstić information content (AvgIpc) is 2.80. The molecule has 1 aromatic heterocycles. The number of rotatable bonds is 5. The fourth-order valence-electron chi connectivity index (χ4n) is 2.02. The highest BCUT2D eigenvalue weighted by atomic mass is 32.1. The highest BCUT2D eigenvalue weighted by Crippen LogP contribution is 2.20. The third kappa shape index (κ3) is 4.06. The standard InChI is InChI=1S/C16H19NO3S/c1-10-7-15(21-11(10)2)16(20)17-13(9-18)8-12-3-5-14(19)6-4-12/h3-7,13,18-19H,8-9H2,1-2H3,(H,17,20)/t13-/m0/s1. The van der Waals surface area contributed by atoms with Crippen LogP contribution in [0.25, 0.3) is 0 Å². The summed E-state index contributed by atoms with van der Waals surface area (Å²) in [6.07, 6.45) is 0.520. The number of amides is 1. The van der Waals surface area contributed by atoms with Crippen molar-refractivity contribution in [2.45, 2.75) is 26.3 Å². The van der Waals surface area contributed by atoms with Gasteiger partial charge in [-0.15, -0.1) is 11.3 Å². The minimum Gasteiger partial charge on any atom is -0.508 e. The molecule has 5 heteroatoms. The van der Waals surface area contributed by atoms with Crippen LogP contribution in [0.1, 0.15) is 25.7 Å². The van der Waals surface area contributed by atoms with Crippen molar-refractivity contribution in [3.63, 3.8) is 0 Å². The summed E-state index contributed by atoms with van der Waals surface area (Å²) in [5.74, 6) is 0.0434. The molecule has 1 amide bonds. The van der Waals surface area contributed by atoms with Crippen molar-refractivity contribution >= 4 is 17.2 Å². The Kier molecular flexibility index (Phi) is 4.98. The maximum atomic E-state index is 12.2. The van der Waals surface area contributed by atoms with E-state index >= 15 is 0 Å². The van der Waals surface area contributed by atoms with E-state index in [0.29, 0.717) is 11.3 Å². The predicted octanol–water partition coefficient (Wildman–Crippen LogP) is 2.40. The van der Waals surface area contributed by atoms with E-state index in [1.165, 1.54) is 11.3 Å². The smallest absolute Gasteiger partial charge is 0.261 e. The van der Waals surface area contributed by atoms with E-state index in [2.05, 4.69) is 5.32 Å². The van der Waals surface area contributed by atoms with Crippen LogP contribution in [0.5, 0.6) is 5.75 Å². The molecule has 0 saturated heterocycles. The van der Waals surface area contributed by atoms with Gasteiger partial charge >= 0.3 is 0 Å². The van der Waals surface area contributed by atoms with Crippen molar-refractivity contribution < 1.29 is 15.0 Å². The van der Waals surface area contributed by atoms with E-state index in [-0.39, 0.29) is 24.3 Å². The Labute approximate surface area is 128 Å². The lowest BCUT2D eigenvalue weighted by Crippen LogP contribution is -2.38. The lowest BCUT2D eigenvalue weighted by molar-refractivity contribution is 0.0920. The lowest BCUT2D eigenvalue weighted by atomic mass is 10.1. The van der Waals surface area contributed by atoms with Crippen LogP contribution in [-0.2, 0) is 6.42 Å². The van der Waals surface area contributed by atoms with E-state index in [9.17, 15) is 15.0 Å². The average molecular weight is 305 g/mol. The number of aryl methyl sites for hydroxylation is 2. The monoisotopic (exact) mass is 305 g/mol. The van der Waals surface area contributed by atoms with Crippen molar-refractivity contribution in [2.24, 2.45) is 0 Å². The Morgan fingerprint density at radius 2 is 1.95 bits per heavy atom. The van der Waals surface area contributed by atoms with Gasteiger partial charge in [0.15, 0.2) is 0 Å². The molecule has 2 aromatic rings. The quantitative estimate of drug-likeness (QED) is 0.794. The van der Waals surface area contributed by atoms with Crippen molar-refractivity contribution in [1.82, 2.24) is 5.32 Å². The summed E-state index contributed by atoms with van der Waals surface area (Å²) in [4.78, 5) is 14.0.